The number of carbonyl (C=O) groups excluding carboxylic acids is 2. The van der Waals surface area contributed by atoms with Gasteiger partial charge in [0.2, 0.25) is 0 Å². The van der Waals surface area contributed by atoms with Crippen molar-refractivity contribution >= 4 is 11.6 Å². The Balaban J connectivity index is 0. The summed E-state index contributed by atoms with van der Waals surface area (Å²) in [4.78, 5) is 21.5. The molecule has 0 heterocycles. The summed E-state index contributed by atoms with van der Waals surface area (Å²) in [6, 6.07) is 9.38. The van der Waals surface area contributed by atoms with Gasteiger partial charge in [-0.05, 0) is 6.92 Å². The Labute approximate surface area is 118 Å². The lowest BCUT2D eigenvalue weighted by molar-refractivity contribution is -0.119. The molecule has 0 saturated heterocycles. The molecule has 0 bridgehead atoms. The average Bonchev–Trinajstić information content (AvgIpc) is 2.41. The molecular formula is C17H28O2. The minimum Gasteiger partial charge on any atom is -0.300 e. The van der Waals surface area contributed by atoms with Crippen molar-refractivity contribution in [1.82, 2.24) is 0 Å². The highest BCUT2D eigenvalue weighted by Crippen LogP contribution is 2.06. The number of ketones is 2. The summed E-state index contributed by atoms with van der Waals surface area (Å²) in [6.07, 6.45) is 0. The first-order valence-corrected chi connectivity index (χ1v) is 6.96. The summed E-state index contributed by atoms with van der Waals surface area (Å²) < 4.78 is 0. The van der Waals surface area contributed by atoms with Crippen molar-refractivity contribution in [2.24, 2.45) is 11.8 Å². The van der Waals surface area contributed by atoms with E-state index in [0.717, 1.165) is 5.56 Å². The van der Waals surface area contributed by atoms with Gasteiger partial charge in [0.05, 0.1) is 0 Å². The Bertz CT molecular complexity index is 351. The van der Waals surface area contributed by atoms with Gasteiger partial charge in [-0.15, -0.1) is 0 Å². The van der Waals surface area contributed by atoms with Crippen LogP contribution >= 0.6 is 0 Å². The third kappa shape index (κ3) is 10.2. The molecule has 0 spiro atoms. The zero-order valence-electron chi connectivity index (χ0n) is 13.4. The molecule has 108 valence electrons. The van der Waals surface area contributed by atoms with Crippen molar-refractivity contribution < 1.29 is 9.59 Å². The summed E-state index contributed by atoms with van der Waals surface area (Å²) in [7, 11) is 0. The lowest BCUT2D eigenvalue weighted by Gasteiger charge is -2.01. The van der Waals surface area contributed by atoms with Gasteiger partial charge in [0.15, 0.2) is 5.78 Å². The van der Waals surface area contributed by atoms with E-state index in [1.165, 1.54) is 0 Å². The molecule has 2 nitrogen and oxygen atoms in total. The maximum Gasteiger partial charge on any atom is 0.165 e. The van der Waals surface area contributed by atoms with Gasteiger partial charge >= 0.3 is 0 Å². The van der Waals surface area contributed by atoms with Crippen molar-refractivity contribution in [3.63, 3.8) is 0 Å². The molecule has 1 aromatic carbocycles. The van der Waals surface area contributed by atoms with Crippen LogP contribution in [-0.2, 0) is 4.79 Å². The molecular weight excluding hydrogens is 236 g/mol. The van der Waals surface area contributed by atoms with E-state index in [1.54, 1.807) is 6.92 Å². The molecule has 0 saturated carbocycles. The monoisotopic (exact) mass is 264 g/mol. The molecule has 0 unspecified atom stereocenters. The maximum atomic E-state index is 11.3. The number of hydrogen-bond donors (Lipinski definition) is 0. The Morgan fingerprint density at radius 1 is 0.842 bits per heavy atom. The predicted molar refractivity (Wildman–Crippen MR) is 82.5 cm³/mol. The number of benzene rings is 1. The Kier molecular flexibility index (Phi) is 12.2. The average molecular weight is 264 g/mol. The minimum atomic E-state index is 0.0948. The zero-order valence-corrected chi connectivity index (χ0v) is 13.4. The number of hydrogen-bond acceptors (Lipinski definition) is 2. The van der Waals surface area contributed by atoms with E-state index in [2.05, 4.69) is 0 Å². The van der Waals surface area contributed by atoms with Crippen LogP contribution in [0.5, 0.6) is 0 Å². The van der Waals surface area contributed by atoms with Crippen LogP contribution < -0.4 is 0 Å². The number of carbonyl (C=O) groups is 2. The number of rotatable bonds is 3. The molecule has 0 radical (unpaired) electrons. The SMILES string of the molecule is CC.CC(=O)C(C)C.CC(C)C(=O)c1ccccc1. The summed E-state index contributed by atoms with van der Waals surface area (Å²) in [5.41, 5.74) is 0.808. The molecule has 19 heavy (non-hydrogen) atoms. The Morgan fingerprint density at radius 2 is 1.21 bits per heavy atom. The zero-order chi connectivity index (χ0) is 15.4. The summed E-state index contributed by atoms with van der Waals surface area (Å²) in [5, 5.41) is 0. The lowest BCUT2D eigenvalue weighted by atomic mass is 10.0. The molecule has 2 heteroatoms. The smallest absolute Gasteiger partial charge is 0.165 e. The first-order valence-electron chi connectivity index (χ1n) is 6.96. The molecule has 0 aromatic heterocycles. The van der Waals surface area contributed by atoms with Crippen molar-refractivity contribution in [3.8, 4) is 0 Å². The third-order valence-electron chi connectivity index (χ3n) is 2.40. The van der Waals surface area contributed by atoms with Crippen LogP contribution in [0, 0.1) is 11.8 Å². The van der Waals surface area contributed by atoms with Gasteiger partial charge in [0, 0.05) is 17.4 Å². The lowest BCUT2D eigenvalue weighted by Crippen LogP contribution is -2.06. The largest absolute Gasteiger partial charge is 0.300 e. The van der Waals surface area contributed by atoms with Crippen LogP contribution in [0.25, 0.3) is 0 Å². The fourth-order valence-electron chi connectivity index (χ4n) is 0.936. The first-order chi connectivity index (χ1) is 8.86. The second-order valence-electron chi connectivity index (χ2n) is 4.65. The standard InChI is InChI=1S/C10H12O.C5H10O.C2H6/c1-8(2)10(11)9-6-4-3-5-7-9;1-4(2)5(3)6;1-2/h3-8H,1-2H3;4H,1-3H3;1-2H3. The molecule has 0 atom stereocenters. The van der Waals surface area contributed by atoms with Crippen molar-refractivity contribution in [2.75, 3.05) is 0 Å². The van der Waals surface area contributed by atoms with Crippen LogP contribution in [0.2, 0.25) is 0 Å². The van der Waals surface area contributed by atoms with Crippen molar-refractivity contribution in [3.05, 3.63) is 35.9 Å². The number of Topliss-reactive ketones (excluding diaryl/α,β-unsaturated/α-hetero) is 2. The highest BCUT2D eigenvalue weighted by molar-refractivity contribution is 5.97. The highest BCUT2D eigenvalue weighted by Gasteiger charge is 2.08. The maximum absolute atomic E-state index is 11.3. The topological polar surface area (TPSA) is 34.1 Å². The van der Waals surface area contributed by atoms with Gasteiger partial charge in [-0.1, -0.05) is 71.9 Å². The second kappa shape index (κ2) is 11.6. The van der Waals surface area contributed by atoms with E-state index in [9.17, 15) is 9.59 Å². The molecule has 0 N–H and O–H groups in total. The van der Waals surface area contributed by atoms with E-state index in [1.807, 2.05) is 71.9 Å². The molecule has 0 aliphatic heterocycles. The van der Waals surface area contributed by atoms with Crippen molar-refractivity contribution in [2.45, 2.75) is 48.5 Å². The molecule has 0 aliphatic carbocycles. The molecule has 0 aliphatic rings. The Morgan fingerprint density at radius 3 is 1.47 bits per heavy atom. The quantitative estimate of drug-likeness (QED) is 0.736. The van der Waals surface area contributed by atoms with E-state index in [4.69, 9.17) is 0 Å². The van der Waals surface area contributed by atoms with Gasteiger partial charge < -0.3 is 0 Å². The van der Waals surface area contributed by atoms with E-state index < -0.39 is 0 Å². The molecule has 1 aromatic rings. The van der Waals surface area contributed by atoms with E-state index >= 15 is 0 Å². The van der Waals surface area contributed by atoms with Crippen LogP contribution in [0.4, 0.5) is 0 Å². The van der Waals surface area contributed by atoms with Gasteiger partial charge in [0.1, 0.15) is 5.78 Å². The van der Waals surface area contributed by atoms with Gasteiger partial charge in [0.25, 0.3) is 0 Å². The Hall–Kier alpha value is -1.44. The fourth-order valence-corrected chi connectivity index (χ4v) is 0.936. The molecule has 0 fully saturated rings. The third-order valence-corrected chi connectivity index (χ3v) is 2.40. The molecule has 1 rings (SSSR count). The van der Waals surface area contributed by atoms with E-state index in [0.29, 0.717) is 0 Å². The highest BCUT2D eigenvalue weighted by atomic mass is 16.1. The summed E-state index contributed by atoms with van der Waals surface area (Å²) in [5.74, 6) is 0.781. The second-order valence-corrected chi connectivity index (χ2v) is 4.65. The minimum absolute atomic E-state index is 0.0948. The van der Waals surface area contributed by atoms with Gasteiger partial charge in [-0.2, -0.15) is 0 Å². The normalized spacial score (nSPS) is 9.11. The van der Waals surface area contributed by atoms with Gasteiger partial charge in [-0.25, -0.2) is 0 Å². The van der Waals surface area contributed by atoms with E-state index in [-0.39, 0.29) is 23.4 Å². The van der Waals surface area contributed by atoms with Crippen LogP contribution in [0.1, 0.15) is 58.8 Å². The molecule has 0 amide bonds. The summed E-state index contributed by atoms with van der Waals surface area (Å²) >= 11 is 0. The predicted octanol–water partition coefficient (Wildman–Crippen LogP) is 4.78. The van der Waals surface area contributed by atoms with Crippen LogP contribution in [0.3, 0.4) is 0 Å². The fraction of sp³-hybridized carbons (Fsp3) is 0.529. The first kappa shape index (κ1) is 19.9. The van der Waals surface area contributed by atoms with Gasteiger partial charge in [-0.3, -0.25) is 9.59 Å². The van der Waals surface area contributed by atoms with Crippen molar-refractivity contribution in [1.29, 1.82) is 0 Å². The summed E-state index contributed by atoms with van der Waals surface area (Å²) in [6.45, 7) is 13.2. The van der Waals surface area contributed by atoms with Crippen LogP contribution in [-0.4, -0.2) is 11.6 Å². The van der Waals surface area contributed by atoms with Crippen LogP contribution in [0.15, 0.2) is 30.3 Å².